The normalized spacial score (nSPS) is 13.9. The molecule has 0 spiro atoms. The number of sulfonamides is 1. The molecule has 0 atom stereocenters. The highest BCUT2D eigenvalue weighted by molar-refractivity contribution is 7.92. The van der Waals surface area contributed by atoms with E-state index < -0.39 is 10.0 Å². The first-order valence-electron chi connectivity index (χ1n) is 10.0. The van der Waals surface area contributed by atoms with Crippen molar-refractivity contribution in [3.63, 3.8) is 0 Å². The smallest absolute Gasteiger partial charge is 0.261 e. The number of benzene rings is 2. The van der Waals surface area contributed by atoms with E-state index in [9.17, 15) is 13.2 Å². The highest BCUT2D eigenvalue weighted by Crippen LogP contribution is 2.32. The first kappa shape index (κ1) is 21.2. The molecule has 2 aromatic carbocycles. The molecule has 7 heteroatoms. The maximum atomic E-state index is 12.8. The van der Waals surface area contributed by atoms with Crippen LogP contribution < -0.4 is 14.4 Å². The van der Waals surface area contributed by atoms with E-state index in [1.807, 2.05) is 26.8 Å². The molecule has 1 amide bonds. The minimum atomic E-state index is -3.74. The van der Waals surface area contributed by atoms with Gasteiger partial charge in [-0.15, -0.1) is 0 Å². The number of fused-ring (bicyclic) bond motifs is 1. The molecule has 2 aromatic rings. The molecule has 3 rings (SSSR count). The molecule has 0 saturated heterocycles. The third kappa shape index (κ3) is 4.90. The molecular weight excluding hydrogens is 388 g/mol. The van der Waals surface area contributed by atoms with Crippen LogP contribution in [0, 0.1) is 5.92 Å². The molecule has 1 heterocycles. The molecule has 0 aromatic heterocycles. The summed E-state index contributed by atoms with van der Waals surface area (Å²) < 4.78 is 33.7. The zero-order valence-corrected chi connectivity index (χ0v) is 18.0. The van der Waals surface area contributed by atoms with Crippen LogP contribution in [0.25, 0.3) is 0 Å². The summed E-state index contributed by atoms with van der Waals surface area (Å²) in [7, 11) is -3.74. The minimum absolute atomic E-state index is 0.0497. The van der Waals surface area contributed by atoms with Gasteiger partial charge in [0.15, 0.2) is 0 Å². The molecule has 156 valence electrons. The molecule has 6 nitrogen and oxygen atoms in total. The monoisotopic (exact) mass is 416 g/mol. The lowest BCUT2D eigenvalue weighted by molar-refractivity contribution is -0.121. The van der Waals surface area contributed by atoms with Crippen LogP contribution in [0.4, 0.5) is 11.4 Å². The van der Waals surface area contributed by atoms with Crippen molar-refractivity contribution in [2.24, 2.45) is 5.92 Å². The van der Waals surface area contributed by atoms with Crippen LogP contribution in [0.15, 0.2) is 47.4 Å². The summed E-state index contributed by atoms with van der Waals surface area (Å²) in [5, 5.41) is 0. The van der Waals surface area contributed by atoms with E-state index >= 15 is 0 Å². The van der Waals surface area contributed by atoms with E-state index in [-0.39, 0.29) is 16.7 Å². The quantitative estimate of drug-likeness (QED) is 0.734. The van der Waals surface area contributed by atoms with E-state index in [2.05, 4.69) is 4.72 Å². The van der Waals surface area contributed by atoms with Crippen LogP contribution in [0.1, 0.15) is 39.2 Å². The fourth-order valence-electron chi connectivity index (χ4n) is 3.33. The van der Waals surface area contributed by atoms with Crippen LogP contribution >= 0.6 is 0 Å². The molecule has 1 aliphatic heterocycles. The van der Waals surface area contributed by atoms with Crippen LogP contribution in [0.2, 0.25) is 0 Å². The average molecular weight is 417 g/mol. The van der Waals surface area contributed by atoms with Gasteiger partial charge in [0.1, 0.15) is 5.75 Å². The van der Waals surface area contributed by atoms with E-state index in [0.29, 0.717) is 24.6 Å². The Morgan fingerprint density at radius 2 is 1.90 bits per heavy atom. The molecule has 0 unspecified atom stereocenters. The molecule has 1 N–H and O–H groups in total. The number of carbonyl (C=O) groups excluding carboxylic acids is 1. The van der Waals surface area contributed by atoms with Crippen LogP contribution in [-0.2, 0) is 21.2 Å². The summed E-state index contributed by atoms with van der Waals surface area (Å²) in [6.45, 7) is 7.00. The summed E-state index contributed by atoms with van der Waals surface area (Å²) in [6.07, 6.45) is 2.67. The minimum Gasteiger partial charge on any atom is -0.494 e. The Morgan fingerprint density at radius 3 is 2.55 bits per heavy atom. The number of amides is 1. The molecule has 0 bridgehead atoms. The van der Waals surface area contributed by atoms with Crippen molar-refractivity contribution in [3.8, 4) is 5.75 Å². The standard InChI is InChI=1S/C22H28N2O4S/c1-4-14-28-19-9-11-20(12-10-19)29(26,27)23-18-8-7-17-6-5-13-24(21(17)15-18)22(25)16(2)3/h7-12,15-16,23H,4-6,13-14H2,1-3H3. The first-order chi connectivity index (χ1) is 13.8. The molecule has 0 saturated carbocycles. The van der Waals surface area contributed by atoms with E-state index in [4.69, 9.17) is 4.74 Å². The summed E-state index contributed by atoms with van der Waals surface area (Å²) in [5.74, 6) is 0.575. The SMILES string of the molecule is CCCOc1ccc(S(=O)(=O)Nc2ccc3c(c2)N(C(=O)C(C)C)CCC3)cc1. The highest BCUT2D eigenvalue weighted by atomic mass is 32.2. The third-order valence-corrected chi connectivity index (χ3v) is 6.22. The lowest BCUT2D eigenvalue weighted by Crippen LogP contribution is -2.38. The van der Waals surface area contributed by atoms with Crippen molar-refractivity contribution >= 4 is 27.3 Å². The number of hydrogen-bond donors (Lipinski definition) is 1. The fourth-order valence-corrected chi connectivity index (χ4v) is 4.38. The Morgan fingerprint density at radius 1 is 1.17 bits per heavy atom. The van der Waals surface area contributed by atoms with Gasteiger partial charge in [-0.3, -0.25) is 9.52 Å². The number of hydrogen-bond acceptors (Lipinski definition) is 4. The summed E-state index contributed by atoms with van der Waals surface area (Å²) in [5.41, 5.74) is 2.29. The van der Waals surface area contributed by atoms with Crippen molar-refractivity contribution in [2.45, 2.75) is 44.9 Å². The second-order valence-electron chi connectivity index (χ2n) is 7.52. The topological polar surface area (TPSA) is 75.7 Å². The van der Waals surface area contributed by atoms with Gasteiger partial charge in [0.2, 0.25) is 5.91 Å². The number of nitrogens with one attached hydrogen (secondary N) is 1. The summed E-state index contributed by atoms with van der Waals surface area (Å²) in [4.78, 5) is 14.5. The van der Waals surface area contributed by atoms with Gasteiger partial charge < -0.3 is 9.64 Å². The van der Waals surface area contributed by atoms with Crippen LogP contribution in [-0.4, -0.2) is 27.5 Å². The van der Waals surface area contributed by atoms with Gasteiger partial charge in [0, 0.05) is 18.2 Å². The van der Waals surface area contributed by atoms with Crippen molar-refractivity contribution < 1.29 is 17.9 Å². The van der Waals surface area contributed by atoms with Crippen LogP contribution in [0.5, 0.6) is 5.75 Å². The van der Waals surface area contributed by atoms with E-state index in [0.717, 1.165) is 30.5 Å². The van der Waals surface area contributed by atoms with Gasteiger partial charge in [0.25, 0.3) is 10.0 Å². The number of carbonyl (C=O) groups is 1. The largest absolute Gasteiger partial charge is 0.494 e. The Kier molecular flexibility index (Phi) is 6.47. The number of rotatable bonds is 7. The lowest BCUT2D eigenvalue weighted by Gasteiger charge is -2.31. The van der Waals surface area contributed by atoms with E-state index in [1.54, 1.807) is 29.2 Å². The Labute approximate surface area is 172 Å². The van der Waals surface area contributed by atoms with Crippen molar-refractivity contribution in [1.29, 1.82) is 0 Å². The van der Waals surface area contributed by atoms with E-state index in [1.165, 1.54) is 12.1 Å². The molecule has 0 radical (unpaired) electrons. The Hall–Kier alpha value is -2.54. The molecular formula is C22H28N2O4S. The Balaban J connectivity index is 1.83. The maximum Gasteiger partial charge on any atom is 0.261 e. The summed E-state index contributed by atoms with van der Waals surface area (Å²) in [6, 6.07) is 11.8. The van der Waals surface area contributed by atoms with Crippen molar-refractivity contribution in [3.05, 3.63) is 48.0 Å². The zero-order chi connectivity index (χ0) is 21.0. The van der Waals surface area contributed by atoms with Crippen LogP contribution in [0.3, 0.4) is 0 Å². The molecule has 0 fully saturated rings. The summed E-state index contributed by atoms with van der Waals surface area (Å²) >= 11 is 0. The van der Waals surface area contributed by atoms with Gasteiger partial charge >= 0.3 is 0 Å². The van der Waals surface area contributed by atoms with Gasteiger partial charge in [-0.05, 0) is 61.2 Å². The predicted octanol–water partition coefficient (Wildman–Crippen LogP) is 4.21. The lowest BCUT2D eigenvalue weighted by atomic mass is 9.99. The second kappa shape index (κ2) is 8.86. The van der Waals surface area contributed by atoms with Crippen molar-refractivity contribution in [2.75, 3.05) is 22.8 Å². The number of nitrogens with zero attached hydrogens (tertiary/aromatic N) is 1. The number of anilines is 2. The third-order valence-electron chi connectivity index (χ3n) is 4.82. The average Bonchev–Trinajstić information content (AvgIpc) is 2.71. The van der Waals surface area contributed by atoms with Gasteiger partial charge in [-0.1, -0.05) is 26.8 Å². The number of aryl methyl sites for hydroxylation is 1. The van der Waals surface area contributed by atoms with Gasteiger partial charge in [-0.25, -0.2) is 8.42 Å². The maximum absolute atomic E-state index is 12.8. The van der Waals surface area contributed by atoms with Crippen molar-refractivity contribution in [1.82, 2.24) is 0 Å². The number of ether oxygens (including phenoxy) is 1. The molecule has 0 aliphatic carbocycles. The van der Waals surface area contributed by atoms with Gasteiger partial charge in [-0.2, -0.15) is 0 Å². The fraction of sp³-hybridized carbons (Fsp3) is 0.409. The molecule has 1 aliphatic rings. The predicted molar refractivity (Wildman–Crippen MR) is 115 cm³/mol. The first-order valence-corrected chi connectivity index (χ1v) is 11.5. The molecule has 29 heavy (non-hydrogen) atoms. The van der Waals surface area contributed by atoms with Gasteiger partial charge in [0.05, 0.1) is 17.2 Å². The second-order valence-corrected chi connectivity index (χ2v) is 9.20. The highest BCUT2D eigenvalue weighted by Gasteiger charge is 2.25. The Bertz CT molecular complexity index is 969. The zero-order valence-electron chi connectivity index (χ0n) is 17.1.